The summed E-state index contributed by atoms with van der Waals surface area (Å²) in [4.78, 5) is 19.6. The minimum atomic E-state index is -0.237. The topological polar surface area (TPSA) is 75.1 Å². The molecule has 19 heavy (non-hydrogen) atoms. The maximum Gasteiger partial charge on any atom is 0.271 e. The van der Waals surface area contributed by atoms with Gasteiger partial charge in [0, 0.05) is 18.4 Å². The number of rotatable bonds is 4. The third kappa shape index (κ3) is 3.77. The highest BCUT2D eigenvalue weighted by atomic mass is 16.3. The fourth-order valence-corrected chi connectivity index (χ4v) is 1.75. The second-order valence-corrected chi connectivity index (χ2v) is 4.34. The molecule has 0 spiro atoms. The SMILES string of the molecule is CC(Cc1ccc(O)cc1)NC(=O)c1cnccn1. The van der Waals surface area contributed by atoms with Crippen LogP contribution in [0.3, 0.4) is 0 Å². The molecule has 0 aliphatic heterocycles. The van der Waals surface area contributed by atoms with Crippen LogP contribution in [0.25, 0.3) is 0 Å². The zero-order valence-electron chi connectivity index (χ0n) is 10.6. The Balaban J connectivity index is 1.92. The molecule has 1 unspecified atom stereocenters. The van der Waals surface area contributed by atoms with Gasteiger partial charge >= 0.3 is 0 Å². The molecule has 0 aliphatic rings. The van der Waals surface area contributed by atoms with Crippen molar-refractivity contribution in [3.63, 3.8) is 0 Å². The molecule has 0 bridgehead atoms. The van der Waals surface area contributed by atoms with Crippen molar-refractivity contribution in [1.29, 1.82) is 0 Å². The summed E-state index contributed by atoms with van der Waals surface area (Å²) in [5.74, 6) is -0.000577. The summed E-state index contributed by atoms with van der Waals surface area (Å²) >= 11 is 0. The summed E-state index contributed by atoms with van der Waals surface area (Å²) in [6, 6.07) is 6.90. The molecule has 5 heteroatoms. The number of aromatic nitrogens is 2. The van der Waals surface area contributed by atoms with Gasteiger partial charge in [-0.2, -0.15) is 0 Å². The standard InChI is InChI=1S/C14H15N3O2/c1-10(8-11-2-4-12(18)5-3-11)17-14(19)13-9-15-6-7-16-13/h2-7,9-10,18H,8H2,1H3,(H,17,19). The summed E-state index contributed by atoms with van der Waals surface area (Å²) in [6.07, 6.45) is 5.13. The number of aromatic hydroxyl groups is 1. The molecule has 2 rings (SSSR count). The van der Waals surface area contributed by atoms with E-state index in [1.807, 2.05) is 19.1 Å². The molecule has 98 valence electrons. The minimum absolute atomic E-state index is 0.0287. The predicted octanol–water partition coefficient (Wildman–Crippen LogP) is 1.54. The van der Waals surface area contributed by atoms with Gasteiger partial charge in [-0.15, -0.1) is 0 Å². The maximum atomic E-state index is 11.8. The van der Waals surface area contributed by atoms with E-state index in [2.05, 4.69) is 15.3 Å². The highest BCUT2D eigenvalue weighted by Crippen LogP contribution is 2.11. The summed E-state index contributed by atoms with van der Waals surface area (Å²) in [5.41, 5.74) is 1.35. The minimum Gasteiger partial charge on any atom is -0.508 e. The number of carbonyl (C=O) groups excluding carboxylic acids is 1. The van der Waals surface area contributed by atoms with Gasteiger partial charge in [0.15, 0.2) is 0 Å². The quantitative estimate of drug-likeness (QED) is 0.871. The van der Waals surface area contributed by atoms with Gasteiger partial charge < -0.3 is 10.4 Å². The molecular weight excluding hydrogens is 242 g/mol. The first-order valence-corrected chi connectivity index (χ1v) is 6.00. The predicted molar refractivity (Wildman–Crippen MR) is 70.8 cm³/mol. The average molecular weight is 257 g/mol. The van der Waals surface area contributed by atoms with E-state index in [1.165, 1.54) is 18.6 Å². The fourth-order valence-electron chi connectivity index (χ4n) is 1.75. The molecule has 0 aliphatic carbocycles. The number of hydrogen-bond donors (Lipinski definition) is 2. The van der Waals surface area contributed by atoms with Crippen LogP contribution in [-0.4, -0.2) is 27.0 Å². The van der Waals surface area contributed by atoms with Crippen LogP contribution in [0.4, 0.5) is 0 Å². The highest BCUT2D eigenvalue weighted by Gasteiger charge is 2.11. The lowest BCUT2D eigenvalue weighted by atomic mass is 10.1. The molecule has 1 heterocycles. The molecule has 1 aromatic carbocycles. The van der Waals surface area contributed by atoms with Crippen LogP contribution in [-0.2, 0) is 6.42 Å². The number of benzene rings is 1. The number of amides is 1. The van der Waals surface area contributed by atoms with Crippen LogP contribution in [0.2, 0.25) is 0 Å². The lowest BCUT2D eigenvalue weighted by Crippen LogP contribution is -2.34. The number of phenolic OH excluding ortho intramolecular Hbond substituents is 1. The van der Waals surface area contributed by atoms with Crippen LogP contribution in [0.5, 0.6) is 5.75 Å². The van der Waals surface area contributed by atoms with Gasteiger partial charge in [0.1, 0.15) is 11.4 Å². The van der Waals surface area contributed by atoms with E-state index < -0.39 is 0 Å². The van der Waals surface area contributed by atoms with E-state index in [4.69, 9.17) is 0 Å². The van der Waals surface area contributed by atoms with Gasteiger partial charge in [0.25, 0.3) is 5.91 Å². The van der Waals surface area contributed by atoms with Crippen molar-refractivity contribution < 1.29 is 9.90 Å². The number of carbonyl (C=O) groups is 1. The zero-order valence-corrected chi connectivity index (χ0v) is 10.6. The van der Waals surface area contributed by atoms with E-state index in [0.29, 0.717) is 12.1 Å². The largest absolute Gasteiger partial charge is 0.508 e. The average Bonchev–Trinajstić information content (AvgIpc) is 2.42. The molecule has 1 aromatic heterocycles. The molecule has 0 fully saturated rings. The lowest BCUT2D eigenvalue weighted by Gasteiger charge is -2.13. The van der Waals surface area contributed by atoms with E-state index in [9.17, 15) is 9.90 Å². The second-order valence-electron chi connectivity index (χ2n) is 4.34. The molecule has 1 atom stereocenters. The van der Waals surface area contributed by atoms with E-state index >= 15 is 0 Å². The molecular formula is C14H15N3O2. The number of nitrogens with one attached hydrogen (secondary N) is 1. The first-order chi connectivity index (χ1) is 9.15. The molecule has 0 saturated carbocycles. The maximum absolute atomic E-state index is 11.8. The van der Waals surface area contributed by atoms with Crippen molar-refractivity contribution >= 4 is 5.91 Å². The van der Waals surface area contributed by atoms with Crippen LogP contribution in [0, 0.1) is 0 Å². The first kappa shape index (κ1) is 13.0. The third-order valence-electron chi connectivity index (χ3n) is 2.65. The van der Waals surface area contributed by atoms with E-state index in [1.54, 1.807) is 12.1 Å². The molecule has 0 saturated heterocycles. The first-order valence-electron chi connectivity index (χ1n) is 6.00. The summed E-state index contributed by atoms with van der Waals surface area (Å²) in [5, 5.41) is 12.1. The molecule has 1 amide bonds. The monoisotopic (exact) mass is 257 g/mol. The zero-order chi connectivity index (χ0) is 13.7. The summed E-state index contributed by atoms with van der Waals surface area (Å²) in [7, 11) is 0. The molecule has 0 radical (unpaired) electrons. The number of phenols is 1. The van der Waals surface area contributed by atoms with Crippen molar-refractivity contribution in [2.24, 2.45) is 0 Å². The van der Waals surface area contributed by atoms with Gasteiger partial charge in [-0.3, -0.25) is 9.78 Å². The third-order valence-corrected chi connectivity index (χ3v) is 2.65. The van der Waals surface area contributed by atoms with Crippen molar-refractivity contribution in [2.75, 3.05) is 0 Å². The lowest BCUT2D eigenvalue weighted by molar-refractivity contribution is 0.0934. The Bertz CT molecular complexity index is 540. The Labute approximate surface area is 111 Å². The smallest absolute Gasteiger partial charge is 0.271 e. The molecule has 5 nitrogen and oxygen atoms in total. The summed E-state index contributed by atoms with van der Waals surface area (Å²) < 4.78 is 0. The molecule has 2 aromatic rings. The van der Waals surface area contributed by atoms with Crippen molar-refractivity contribution in [3.05, 3.63) is 54.1 Å². The van der Waals surface area contributed by atoms with Crippen molar-refractivity contribution in [2.45, 2.75) is 19.4 Å². The Kier molecular flexibility index (Phi) is 4.07. The Hall–Kier alpha value is -2.43. The van der Waals surface area contributed by atoms with Gasteiger partial charge in [0.05, 0.1) is 6.20 Å². The van der Waals surface area contributed by atoms with Crippen molar-refractivity contribution in [1.82, 2.24) is 15.3 Å². The Morgan fingerprint density at radius 1 is 1.32 bits per heavy atom. The highest BCUT2D eigenvalue weighted by molar-refractivity contribution is 5.92. The summed E-state index contributed by atoms with van der Waals surface area (Å²) in [6.45, 7) is 1.92. The number of nitrogens with zero attached hydrogens (tertiary/aromatic N) is 2. The van der Waals surface area contributed by atoms with Gasteiger partial charge in [-0.1, -0.05) is 12.1 Å². The van der Waals surface area contributed by atoms with Crippen LogP contribution in [0.1, 0.15) is 23.0 Å². The van der Waals surface area contributed by atoms with Crippen LogP contribution in [0.15, 0.2) is 42.9 Å². The van der Waals surface area contributed by atoms with E-state index in [-0.39, 0.29) is 17.7 Å². The van der Waals surface area contributed by atoms with Gasteiger partial charge in [0.2, 0.25) is 0 Å². The second kappa shape index (κ2) is 5.95. The fraction of sp³-hybridized carbons (Fsp3) is 0.214. The Morgan fingerprint density at radius 3 is 2.68 bits per heavy atom. The molecule has 2 N–H and O–H groups in total. The van der Waals surface area contributed by atoms with Crippen LogP contribution >= 0.6 is 0 Å². The number of hydrogen-bond acceptors (Lipinski definition) is 4. The van der Waals surface area contributed by atoms with Crippen molar-refractivity contribution in [3.8, 4) is 5.75 Å². The van der Waals surface area contributed by atoms with Gasteiger partial charge in [-0.05, 0) is 31.0 Å². The van der Waals surface area contributed by atoms with E-state index in [0.717, 1.165) is 5.56 Å². The normalized spacial score (nSPS) is 11.8. The van der Waals surface area contributed by atoms with Gasteiger partial charge in [-0.25, -0.2) is 4.98 Å². The Morgan fingerprint density at radius 2 is 2.05 bits per heavy atom. The van der Waals surface area contributed by atoms with Crippen LogP contribution < -0.4 is 5.32 Å².